The number of thioether (sulfide) groups is 1. The first-order valence-corrected chi connectivity index (χ1v) is 8.17. The van der Waals surface area contributed by atoms with E-state index >= 15 is 0 Å². The summed E-state index contributed by atoms with van der Waals surface area (Å²) in [6.45, 7) is 9.87. The highest BCUT2D eigenvalue weighted by atomic mass is 32.2. The maximum absolute atomic E-state index is 12.0. The minimum Gasteiger partial charge on any atom is -0.380 e. The molecule has 2 rings (SSSR count). The predicted octanol–water partition coefficient (Wildman–Crippen LogP) is 4.04. The molecule has 0 saturated carbocycles. The van der Waals surface area contributed by atoms with Crippen LogP contribution in [0, 0.1) is 5.41 Å². The summed E-state index contributed by atoms with van der Waals surface area (Å²) >= 11 is 1.84. The zero-order chi connectivity index (χ0) is 14.0. The third-order valence-corrected chi connectivity index (χ3v) is 5.37. The van der Waals surface area contributed by atoms with E-state index in [1.807, 2.05) is 11.8 Å². The van der Waals surface area contributed by atoms with Crippen molar-refractivity contribution in [1.29, 1.82) is 0 Å². The van der Waals surface area contributed by atoms with Gasteiger partial charge in [0.2, 0.25) is 0 Å². The molecule has 106 valence electrons. The number of ketones is 1. The molecular weight excluding hydrogens is 254 g/mol. The van der Waals surface area contributed by atoms with E-state index in [1.165, 1.54) is 30.4 Å². The highest BCUT2D eigenvalue weighted by Crippen LogP contribution is 2.47. The average Bonchev–Trinajstić information content (AvgIpc) is 2.27. The lowest BCUT2D eigenvalue weighted by Gasteiger charge is -2.39. The number of rotatable bonds is 3. The maximum atomic E-state index is 12.0. The molecule has 2 aliphatic rings. The fourth-order valence-electron chi connectivity index (χ4n) is 3.40. The molecule has 1 aliphatic heterocycles. The quantitative estimate of drug-likeness (QED) is 0.791. The van der Waals surface area contributed by atoms with E-state index in [9.17, 15) is 4.79 Å². The van der Waals surface area contributed by atoms with Crippen LogP contribution in [0.4, 0.5) is 0 Å². The predicted molar refractivity (Wildman–Crippen MR) is 83.1 cm³/mol. The molecule has 0 bridgehead atoms. The van der Waals surface area contributed by atoms with Gasteiger partial charge in [-0.2, -0.15) is 0 Å². The van der Waals surface area contributed by atoms with Crippen LogP contribution in [0.15, 0.2) is 22.3 Å². The molecule has 0 radical (unpaired) electrons. The molecule has 0 aromatic heterocycles. The van der Waals surface area contributed by atoms with Gasteiger partial charge in [0.1, 0.15) is 0 Å². The summed E-state index contributed by atoms with van der Waals surface area (Å²) in [6.07, 6.45) is 6.16. The van der Waals surface area contributed by atoms with E-state index in [1.54, 1.807) is 6.08 Å². The third-order valence-electron chi connectivity index (χ3n) is 4.16. The van der Waals surface area contributed by atoms with Gasteiger partial charge in [0, 0.05) is 24.3 Å². The van der Waals surface area contributed by atoms with Gasteiger partial charge in [0.25, 0.3) is 0 Å². The minimum atomic E-state index is 0.245. The van der Waals surface area contributed by atoms with Crippen LogP contribution in [0.2, 0.25) is 0 Å². The van der Waals surface area contributed by atoms with Crippen LogP contribution in [-0.4, -0.2) is 17.6 Å². The van der Waals surface area contributed by atoms with Crippen molar-refractivity contribution < 1.29 is 4.79 Å². The molecule has 0 fully saturated rings. The van der Waals surface area contributed by atoms with Crippen LogP contribution in [-0.2, 0) is 4.79 Å². The zero-order valence-electron chi connectivity index (χ0n) is 12.5. The van der Waals surface area contributed by atoms with Crippen molar-refractivity contribution in [3.8, 4) is 0 Å². The molecule has 0 aromatic carbocycles. The molecule has 1 unspecified atom stereocenters. The number of carbonyl (C=O) groups is 1. The van der Waals surface area contributed by atoms with Gasteiger partial charge in [-0.1, -0.05) is 25.0 Å². The van der Waals surface area contributed by atoms with E-state index in [-0.39, 0.29) is 11.2 Å². The fraction of sp³-hybridized carbons (Fsp3) is 0.688. The normalized spacial score (nSPS) is 27.3. The number of hydrogen-bond acceptors (Lipinski definition) is 3. The van der Waals surface area contributed by atoms with Gasteiger partial charge in [-0.05, 0) is 38.5 Å². The average molecular weight is 279 g/mol. The van der Waals surface area contributed by atoms with Gasteiger partial charge in [-0.3, -0.25) is 4.79 Å². The van der Waals surface area contributed by atoms with Crippen molar-refractivity contribution in [2.24, 2.45) is 5.41 Å². The first-order valence-electron chi connectivity index (χ1n) is 7.29. The largest absolute Gasteiger partial charge is 0.380 e. The first-order chi connectivity index (χ1) is 8.94. The van der Waals surface area contributed by atoms with Crippen LogP contribution in [0.25, 0.3) is 0 Å². The van der Waals surface area contributed by atoms with Crippen molar-refractivity contribution in [2.45, 2.75) is 58.6 Å². The summed E-state index contributed by atoms with van der Waals surface area (Å²) in [7, 11) is 0. The molecule has 1 N–H and O–H groups in total. The summed E-state index contributed by atoms with van der Waals surface area (Å²) < 4.78 is 0. The Balaban J connectivity index is 2.27. The van der Waals surface area contributed by atoms with Crippen LogP contribution in [0.1, 0.15) is 53.4 Å². The highest BCUT2D eigenvalue weighted by Gasteiger charge is 2.36. The van der Waals surface area contributed by atoms with E-state index in [0.717, 1.165) is 11.6 Å². The van der Waals surface area contributed by atoms with E-state index < -0.39 is 0 Å². The Morgan fingerprint density at radius 2 is 2.21 bits per heavy atom. The second kappa shape index (κ2) is 5.74. The maximum Gasteiger partial charge on any atom is 0.159 e. The van der Waals surface area contributed by atoms with Crippen molar-refractivity contribution >= 4 is 17.5 Å². The molecule has 19 heavy (non-hydrogen) atoms. The second-order valence-electron chi connectivity index (χ2n) is 6.25. The van der Waals surface area contributed by atoms with Crippen LogP contribution in [0.3, 0.4) is 0 Å². The van der Waals surface area contributed by atoms with Crippen molar-refractivity contribution in [1.82, 2.24) is 5.32 Å². The zero-order valence-corrected chi connectivity index (χ0v) is 13.3. The molecule has 0 saturated heterocycles. The SMILES string of the molecule is CCNC1=CC(=O)CC(C2=C(C)CCCC2(C)C)S1. The summed E-state index contributed by atoms with van der Waals surface area (Å²) in [5.41, 5.74) is 3.29. The summed E-state index contributed by atoms with van der Waals surface area (Å²) in [5, 5.41) is 4.69. The molecule has 2 nitrogen and oxygen atoms in total. The van der Waals surface area contributed by atoms with Crippen LogP contribution < -0.4 is 5.32 Å². The first kappa shape index (κ1) is 14.7. The van der Waals surface area contributed by atoms with Gasteiger partial charge in [0.05, 0.1) is 5.03 Å². The lowest BCUT2D eigenvalue weighted by Crippen LogP contribution is -2.31. The Morgan fingerprint density at radius 1 is 1.47 bits per heavy atom. The minimum absolute atomic E-state index is 0.245. The van der Waals surface area contributed by atoms with Gasteiger partial charge < -0.3 is 5.32 Å². The van der Waals surface area contributed by atoms with E-state index in [0.29, 0.717) is 11.7 Å². The fourth-order valence-corrected chi connectivity index (χ4v) is 5.02. The van der Waals surface area contributed by atoms with Crippen molar-refractivity contribution in [2.75, 3.05) is 6.54 Å². The smallest absolute Gasteiger partial charge is 0.159 e. The molecule has 1 heterocycles. The Kier molecular flexibility index (Phi) is 4.44. The monoisotopic (exact) mass is 279 g/mol. The topological polar surface area (TPSA) is 29.1 Å². The standard InChI is InChI=1S/C16H25NOS/c1-5-17-14-10-12(18)9-13(19-14)15-11(2)7-6-8-16(15,3)4/h10,13,17H,5-9H2,1-4H3. The molecule has 0 aromatic rings. The molecule has 0 amide bonds. The lowest BCUT2D eigenvalue weighted by atomic mass is 9.71. The number of hydrogen-bond donors (Lipinski definition) is 1. The number of allylic oxidation sites excluding steroid dienone is 2. The lowest BCUT2D eigenvalue weighted by molar-refractivity contribution is -0.114. The van der Waals surface area contributed by atoms with Gasteiger partial charge in [-0.25, -0.2) is 0 Å². The summed E-state index contributed by atoms with van der Waals surface area (Å²) in [5.74, 6) is 0.265. The highest BCUT2D eigenvalue weighted by molar-refractivity contribution is 8.03. The Bertz CT molecular complexity index is 434. The third kappa shape index (κ3) is 3.25. The van der Waals surface area contributed by atoms with Crippen molar-refractivity contribution in [3.63, 3.8) is 0 Å². The number of carbonyl (C=O) groups excluding carboxylic acids is 1. The van der Waals surface area contributed by atoms with Gasteiger partial charge in [0.15, 0.2) is 5.78 Å². The molecule has 1 atom stereocenters. The molecule has 1 aliphatic carbocycles. The number of nitrogens with one attached hydrogen (secondary N) is 1. The van der Waals surface area contributed by atoms with Crippen molar-refractivity contribution in [3.05, 3.63) is 22.3 Å². The molecular formula is C16H25NOS. The summed E-state index contributed by atoms with van der Waals surface area (Å²) in [4.78, 5) is 12.0. The van der Waals surface area contributed by atoms with Gasteiger partial charge in [-0.15, -0.1) is 11.8 Å². The van der Waals surface area contributed by atoms with Crippen LogP contribution >= 0.6 is 11.8 Å². The van der Waals surface area contributed by atoms with E-state index in [2.05, 4.69) is 33.0 Å². The second-order valence-corrected chi connectivity index (χ2v) is 7.49. The summed E-state index contributed by atoms with van der Waals surface area (Å²) in [6, 6.07) is 0. The van der Waals surface area contributed by atoms with Crippen LogP contribution in [0.5, 0.6) is 0 Å². The molecule has 0 spiro atoms. The van der Waals surface area contributed by atoms with Gasteiger partial charge >= 0.3 is 0 Å². The molecule has 3 heteroatoms. The Morgan fingerprint density at radius 3 is 2.84 bits per heavy atom. The Hall–Kier alpha value is -0.700. The Labute approximate surface area is 121 Å². The van der Waals surface area contributed by atoms with E-state index in [4.69, 9.17) is 0 Å².